The molecule has 1 aliphatic heterocycles. The number of ether oxygens (including phenoxy) is 2. The number of hydrogen-bond acceptors (Lipinski definition) is 3. The first-order chi connectivity index (χ1) is 9.43. The maximum absolute atomic E-state index is 13.7. The van der Waals surface area contributed by atoms with Crippen molar-refractivity contribution in [1.29, 1.82) is 0 Å². The zero-order valence-corrected chi connectivity index (χ0v) is 12.5. The van der Waals surface area contributed by atoms with Gasteiger partial charge < -0.3 is 14.6 Å². The first-order valence-electron chi connectivity index (χ1n) is 7.10. The van der Waals surface area contributed by atoms with Crippen molar-refractivity contribution < 1.29 is 19.0 Å². The monoisotopic (exact) mass is 282 g/mol. The molecule has 0 radical (unpaired) electrons. The number of hydrogen-bond donors (Lipinski definition) is 1. The van der Waals surface area contributed by atoms with Crippen LogP contribution in [0.3, 0.4) is 0 Å². The average Bonchev–Trinajstić information content (AvgIpc) is 2.63. The van der Waals surface area contributed by atoms with Gasteiger partial charge in [0.25, 0.3) is 0 Å². The van der Waals surface area contributed by atoms with Crippen molar-refractivity contribution in [2.45, 2.75) is 45.5 Å². The van der Waals surface area contributed by atoms with E-state index in [1.54, 1.807) is 12.1 Å². The molecular weight excluding hydrogens is 259 g/mol. The van der Waals surface area contributed by atoms with Gasteiger partial charge >= 0.3 is 0 Å². The lowest BCUT2D eigenvalue weighted by atomic mass is 9.82. The Morgan fingerprint density at radius 2 is 2.00 bits per heavy atom. The molecule has 1 heterocycles. The molecule has 5 unspecified atom stereocenters. The topological polar surface area (TPSA) is 38.7 Å². The molecular formula is C16H23FO3. The van der Waals surface area contributed by atoms with Crippen molar-refractivity contribution in [2.75, 3.05) is 7.11 Å². The maximum atomic E-state index is 13.7. The Labute approximate surface area is 119 Å². The van der Waals surface area contributed by atoms with Crippen LogP contribution in [-0.4, -0.2) is 30.5 Å². The van der Waals surface area contributed by atoms with E-state index in [2.05, 4.69) is 6.92 Å². The minimum absolute atomic E-state index is 0.0260. The molecule has 1 fully saturated rings. The summed E-state index contributed by atoms with van der Waals surface area (Å²) in [4.78, 5) is 0. The smallest absolute Gasteiger partial charge is 0.165 e. The standard InChI is InChI=1S/C16H23FO3/c1-9-10(2)20-11(3)16(9)14(18)8-12-5-6-15(19-4)13(17)7-12/h5-7,9-11,14,16,18H,8H2,1-4H3. The van der Waals surface area contributed by atoms with Crippen LogP contribution in [0.25, 0.3) is 0 Å². The van der Waals surface area contributed by atoms with Gasteiger partial charge in [-0.3, -0.25) is 0 Å². The summed E-state index contributed by atoms with van der Waals surface area (Å²) in [7, 11) is 1.44. The van der Waals surface area contributed by atoms with Gasteiger partial charge in [-0.25, -0.2) is 4.39 Å². The maximum Gasteiger partial charge on any atom is 0.165 e. The molecule has 0 aromatic heterocycles. The Morgan fingerprint density at radius 3 is 2.50 bits per heavy atom. The van der Waals surface area contributed by atoms with Crippen LogP contribution in [0.1, 0.15) is 26.3 Å². The molecule has 1 aromatic rings. The highest BCUT2D eigenvalue weighted by Gasteiger charge is 2.40. The summed E-state index contributed by atoms with van der Waals surface area (Å²) < 4.78 is 24.3. The zero-order chi connectivity index (χ0) is 14.9. The Morgan fingerprint density at radius 1 is 1.30 bits per heavy atom. The second-order valence-corrected chi connectivity index (χ2v) is 5.72. The van der Waals surface area contributed by atoms with Crippen molar-refractivity contribution in [3.63, 3.8) is 0 Å². The normalized spacial score (nSPS) is 31.3. The van der Waals surface area contributed by atoms with Crippen LogP contribution in [0.2, 0.25) is 0 Å². The molecule has 3 nitrogen and oxygen atoms in total. The lowest BCUT2D eigenvalue weighted by molar-refractivity contribution is 0.0239. The van der Waals surface area contributed by atoms with Crippen molar-refractivity contribution in [1.82, 2.24) is 0 Å². The Bertz CT molecular complexity index is 463. The van der Waals surface area contributed by atoms with Crippen LogP contribution in [0.5, 0.6) is 5.75 Å². The first kappa shape index (κ1) is 15.3. The van der Waals surface area contributed by atoms with Gasteiger partial charge in [0.05, 0.1) is 25.4 Å². The summed E-state index contributed by atoms with van der Waals surface area (Å²) >= 11 is 0. The summed E-state index contributed by atoms with van der Waals surface area (Å²) in [5.41, 5.74) is 0.773. The van der Waals surface area contributed by atoms with Crippen molar-refractivity contribution in [3.8, 4) is 5.75 Å². The highest BCUT2D eigenvalue weighted by atomic mass is 19.1. The van der Waals surface area contributed by atoms with Gasteiger partial charge in [-0.2, -0.15) is 0 Å². The van der Waals surface area contributed by atoms with Crippen LogP contribution >= 0.6 is 0 Å². The van der Waals surface area contributed by atoms with Crippen molar-refractivity contribution >= 4 is 0 Å². The number of aliphatic hydroxyl groups excluding tert-OH is 1. The molecule has 20 heavy (non-hydrogen) atoms. The zero-order valence-electron chi connectivity index (χ0n) is 12.5. The lowest BCUT2D eigenvalue weighted by Crippen LogP contribution is -2.32. The van der Waals surface area contributed by atoms with E-state index in [4.69, 9.17) is 9.47 Å². The molecule has 1 N–H and O–H groups in total. The Kier molecular flexibility index (Phi) is 4.66. The molecule has 1 saturated heterocycles. The van der Waals surface area contributed by atoms with Gasteiger partial charge in [-0.1, -0.05) is 13.0 Å². The van der Waals surface area contributed by atoms with Crippen LogP contribution in [0.15, 0.2) is 18.2 Å². The third kappa shape index (κ3) is 2.96. The van der Waals surface area contributed by atoms with E-state index in [0.29, 0.717) is 12.3 Å². The van der Waals surface area contributed by atoms with Gasteiger partial charge in [-0.15, -0.1) is 0 Å². The molecule has 0 aliphatic carbocycles. The van der Waals surface area contributed by atoms with E-state index >= 15 is 0 Å². The summed E-state index contributed by atoms with van der Waals surface area (Å²) in [6.07, 6.45) is 0.0733. The third-order valence-electron chi connectivity index (χ3n) is 4.42. The second-order valence-electron chi connectivity index (χ2n) is 5.72. The SMILES string of the molecule is COc1ccc(CC(O)C2C(C)OC(C)C2C)cc1F. The number of benzene rings is 1. The van der Waals surface area contributed by atoms with Crippen molar-refractivity contribution in [3.05, 3.63) is 29.6 Å². The molecule has 2 rings (SSSR count). The molecule has 112 valence electrons. The Balaban J connectivity index is 2.08. The predicted molar refractivity (Wildman–Crippen MR) is 75.3 cm³/mol. The molecule has 5 atom stereocenters. The van der Waals surface area contributed by atoms with E-state index in [1.165, 1.54) is 13.2 Å². The van der Waals surface area contributed by atoms with Crippen LogP contribution in [-0.2, 0) is 11.2 Å². The van der Waals surface area contributed by atoms with Crippen LogP contribution in [0, 0.1) is 17.7 Å². The molecule has 4 heteroatoms. The lowest BCUT2D eigenvalue weighted by Gasteiger charge is -2.24. The third-order valence-corrected chi connectivity index (χ3v) is 4.42. The molecule has 1 aliphatic rings. The minimum Gasteiger partial charge on any atom is -0.494 e. The highest BCUT2D eigenvalue weighted by Crippen LogP contribution is 2.35. The number of aliphatic hydroxyl groups is 1. The molecule has 0 bridgehead atoms. The molecule has 1 aromatic carbocycles. The van der Waals surface area contributed by atoms with Crippen LogP contribution < -0.4 is 4.74 Å². The molecule has 0 spiro atoms. The summed E-state index contributed by atoms with van der Waals surface area (Å²) in [5.74, 6) is 0.204. The molecule has 0 amide bonds. The minimum atomic E-state index is -0.530. The Hall–Kier alpha value is -1.13. The number of rotatable bonds is 4. The highest BCUT2D eigenvalue weighted by molar-refractivity contribution is 5.29. The number of halogens is 1. The predicted octanol–water partition coefficient (Wildman–Crippen LogP) is 2.80. The first-order valence-corrected chi connectivity index (χ1v) is 7.10. The number of methoxy groups -OCH3 is 1. The van der Waals surface area contributed by atoms with E-state index in [-0.39, 0.29) is 23.9 Å². The van der Waals surface area contributed by atoms with Gasteiger partial charge in [-0.05, 0) is 43.9 Å². The fourth-order valence-electron chi connectivity index (χ4n) is 3.17. The van der Waals surface area contributed by atoms with Gasteiger partial charge in [0.1, 0.15) is 0 Å². The van der Waals surface area contributed by atoms with E-state index < -0.39 is 11.9 Å². The summed E-state index contributed by atoms with van der Waals surface area (Å²) in [6.45, 7) is 6.11. The average molecular weight is 282 g/mol. The van der Waals surface area contributed by atoms with Gasteiger partial charge in [0, 0.05) is 5.92 Å². The van der Waals surface area contributed by atoms with E-state index in [0.717, 1.165) is 5.56 Å². The van der Waals surface area contributed by atoms with Crippen molar-refractivity contribution in [2.24, 2.45) is 11.8 Å². The fourth-order valence-corrected chi connectivity index (χ4v) is 3.17. The molecule has 0 saturated carbocycles. The fraction of sp³-hybridized carbons (Fsp3) is 0.625. The van der Waals surface area contributed by atoms with E-state index in [9.17, 15) is 9.50 Å². The van der Waals surface area contributed by atoms with Crippen LogP contribution in [0.4, 0.5) is 4.39 Å². The van der Waals surface area contributed by atoms with E-state index in [1.807, 2.05) is 13.8 Å². The van der Waals surface area contributed by atoms with Gasteiger partial charge in [0.2, 0.25) is 0 Å². The second kappa shape index (κ2) is 6.10. The quantitative estimate of drug-likeness (QED) is 0.923. The summed E-state index contributed by atoms with van der Waals surface area (Å²) in [5, 5.41) is 10.4. The van der Waals surface area contributed by atoms with Gasteiger partial charge in [0.15, 0.2) is 11.6 Å². The largest absolute Gasteiger partial charge is 0.494 e. The summed E-state index contributed by atoms with van der Waals surface area (Å²) in [6, 6.07) is 4.81.